The molecular weight excluding hydrogens is 258 g/mol. The Kier molecular flexibility index (Phi) is 3.95. The minimum Gasteiger partial charge on any atom is -0.321 e. The number of thiazole rings is 1. The van der Waals surface area contributed by atoms with Gasteiger partial charge in [-0.1, -0.05) is 13.8 Å². The Bertz CT molecular complexity index is 604. The molecule has 0 fully saturated rings. The SMILES string of the molecule is Cc1cc(NC(=O)c2sc(C)nc2C(C)C)ccn1. The van der Waals surface area contributed by atoms with Gasteiger partial charge in [0.05, 0.1) is 10.7 Å². The topological polar surface area (TPSA) is 54.9 Å². The molecule has 19 heavy (non-hydrogen) atoms. The average molecular weight is 275 g/mol. The predicted molar refractivity (Wildman–Crippen MR) is 77.9 cm³/mol. The highest BCUT2D eigenvalue weighted by Crippen LogP contribution is 2.25. The lowest BCUT2D eigenvalue weighted by Crippen LogP contribution is -2.13. The van der Waals surface area contributed by atoms with Crippen LogP contribution in [0.15, 0.2) is 18.3 Å². The second kappa shape index (κ2) is 5.48. The Morgan fingerprint density at radius 2 is 2.11 bits per heavy atom. The molecule has 0 saturated carbocycles. The summed E-state index contributed by atoms with van der Waals surface area (Å²) in [7, 11) is 0. The smallest absolute Gasteiger partial charge is 0.267 e. The fraction of sp³-hybridized carbons (Fsp3) is 0.357. The summed E-state index contributed by atoms with van der Waals surface area (Å²) in [5.41, 5.74) is 2.51. The fourth-order valence-electron chi connectivity index (χ4n) is 1.81. The van der Waals surface area contributed by atoms with E-state index in [9.17, 15) is 4.79 Å². The van der Waals surface area contributed by atoms with Gasteiger partial charge < -0.3 is 5.32 Å². The van der Waals surface area contributed by atoms with Gasteiger partial charge in [0.1, 0.15) is 4.88 Å². The van der Waals surface area contributed by atoms with Crippen LogP contribution in [0, 0.1) is 13.8 Å². The van der Waals surface area contributed by atoms with E-state index in [0.29, 0.717) is 4.88 Å². The summed E-state index contributed by atoms with van der Waals surface area (Å²) in [5.74, 6) is 0.143. The van der Waals surface area contributed by atoms with Gasteiger partial charge in [-0.25, -0.2) is 4.98 Å². The van der Waals surface area contributed by atoms with Crippen molar-refractivity contribution in [1.82, 2.24) is 9.97 Å². The summed E-state index contributed by atoms with van der Waals surface area (Å²) in [6.45, 7) is 7.90. The van der Waals surface area contributed by atoms with Crippen LogP contribution in [0.2, 0.25) is 0 Å². The van der Waals surface area contributed by atoms with Crippen LogP contribution in [-0.4, -0.2) is 15.9 Å². The largest absolute Gasteiger partial charge is 0.321 e. The number of carbonyl (C=O) groups excluding carboxylic acids is 1. The third-order valence-electron chi connectivity index (χ3n) is 2.67. The summed E-state index contributed by atoms with van der Waals surface area (Å²) >= 11 is 1.44. The van der Waals surface area contributed by atoms with Gasteiger partial charge in [-0.3, -0.25) is 9.78 Å². The quantitative estimate of drug-likeness (QED) is 0.932. The van der Waals surface area contributed by atoms with Crippen molar-refractivity contribution in [3.8, 4) is 0 Å². The molecule has 0 radical (unpaired) electrons. The highest BCUT2D eigenvalue weighted by atomic mass is 32.1. The van der Waals surface area contributed by atoms with Crippen molar-refractivity contribution in [1.29, 1.82) is 0 Å². The van der Waals surface area contributed by atoms with Gasteiger partial charge in [0.2, 0.25) is 0 Å². The van der Waals surface area contributed by atoms with E-state index in [0.717, 1.165) is 22.1 Å². The highest BCUT2D eigenvalue weighted by Gasteiger charge is 2.19. The fourth-order valence-corrected chi connectivity index (χ4v) is 2.78. The second-order valence-electron chi connectivity index (χ2n) is 4.74. The molecule has 0 saturated heterocycles. The molecule has 2 heterocycles. The number of pyridine rings is 1. The second-order valence-corrected chi connectivity index (χ2v) is 5.95. The van der Waals surface area contributed by atoms with Gasteiger partial charge in [-0.2, -0.15) is 0 Å². The maximum atomic E-state index is 12.3. The Balaban J connectivity index is 2.25. The van der Waals surface area contributed by atoms with Gasteiger partial charge in [0.25, 0.3) is 5.91 Å². The molecule has 2 aromatic heterocycles. The average Bonchev–Trinajstić information content (AvgIpc) is 2.71. The lowest BCUT2D eigenvalue weighted by molar-refractivity contribution is 0.102. The molecule has 0 unspecified atom stereocenters. The van der Waals surface area contributed by atoms with Gasteiger partial charge >= 0.3 is 0 Å². The number of hydrogen-bond donors (Lipinski definition) is 1. The Labute approximate surface area is 116 Å². The summed E-state index contributed by atoms with van der Waals surface area (Å²) in [6, 6.07) is 3.63. The van der Waals surface area contributed by atoms with Crippen LogP contribution in [0.5, 0.6) is 0 Å². The Hall–Kier alpha value is -1.75. The lowest BCUT2D eigenvalue weighted by Gasteiger charge is -2.07. The normalized spacial score (nSPS) is 10.8. The molecule has 1 N–H and O–H groups in total. The van der Waals surface area contributed by atoms with Crippen LogP contribution in [0.3, 0.4) is 0 Å². The number of hydrogen-bond acceptors (Lipinski definition) is 4. The molecule has 0 aromatic carbocycles. The van der Waals surface area contributed by atoms with Crippen molar-refractivity contribution < 1.29 is 4.79 Å². The number of carbonyl (C=O) groups is 1. The summed E-state index contributed by atoms with van der Waals surface area (Å²) < 4.78 is 0. The van der Waals surface area contributed by atoms with Crippen LogP contribution in [0.4, 0.5) is 5.69 Å². The number of aryl methyl sites for hydroxylation is 2. The molecule has 0 aliphatic heterocycles. The molecule has 2 rings (SSSR count). The molecule has 0 spiro atoms. The summed E-state index contributed by atoms with van der Waals surface area (Å²) in [4.78, 5) is 21.5. The number of aromatic nitrogens is 2. The Morgan fingerprint density at radius 1 is 1.37 bits per heavy atom. The summed E-state index contributed by atoms with van der Waals surface area (Å²) in [6.07, 6.45) is 1.69. The molecule has 0 aliphatic carbocycles. The van der Waals surface area contributed by atoms with E-state index in [1.807, 2.05) is 33.8 Å². The first-order valence-corrected chi connectivity index (χ1v) is 7.00. The van der Waals surface area contributed by atoms with Crippen molar-refractivity contribution in [2.75, 3.05) is 5.32 Å². The van der Waals surface area contributed by atoms with Gasteiger partial charge in [0.15, 0.2) is 0 Å². The third-order valence-corrected chi connectivity index (χ3v) is 3.65. The van der Waals surface area contributed by atoms with Crippen molar-refractivity contribution in [2.45, 2.75) is 33.6 Å². The molecule has 1 amide bonds. The monoisotopic (exact) mass is 275 g/mol. The van der Waals surface area contributed by atoms with Crippen LogP contribution in [0.25, 0.3) is 0 Å². The standard InChI is InChI=1S/C14H17N3OS/c1-8(2)12-13(19-10(4)16-12)14(18)17-11-5-6-15-9(3)7-11/h5-8H,1-4H3,(H,15,17,18). The van der Waals surface area contributed by atoms with E-state index >= 15 is 0 Å². The highest BCUT2D eigenvalue weighted by molar-refractivity contribution is 7.13. The zero-order valence-electron chi connectivity index (χ0n) is 11.5. The van der Waals surface area contributed by atoms with E-state index in [1.165, 1.54) is 11.3 Å². The van der Waals surface area contributed by atoms with E-state index in [2.05, 4.69) is 15.3 Å². The lowest BCUT2D eigenvalue weighted by atomic mass is 10.1. The third kappa shape index (κ3) is 3.17. The number of nitrogens with zero attached hydrogens (tertiary/aromatic N) is 2. The van der Waals surface area contributed by atoms with E-state index in [-0.39, 0.29) is 11.8 Å². The van der Waals surface area contributed by atoms with E-state index in [4.69, 9.17) is 0 Å². The molecule has 0 atom stereocenters. The first-order valence-electron chi connectivity index (χ1n) is 6.18. The van der Waals surface area contributed by atoms with E-state index in [1.54, 1.807) is 12.3 Å². The molecule has 0 aliphatic rings. The number of rotatable bonds is 3. The summed E-state index contributed by atoms with van der Waals surface area (Å²) in [5, 5.41) is 3.82. The molecule has 4 nitrogen and oxygen atoms in total. The molecule has 5 heteroatoms. The van der Waals surface area contributed by atoms with Crippen molar-refractivity contribution >= 4 is 22.9 Å². The molecular formula is C14H17N3OS. The zero-order valence-corrected chi connectivity index (χ0v) is 12.3. The molecule has 0 bridgehead atoms. The van der Waals surface area contributed by atoms with Crippen molar-refractivity contribution in [2.24, 2.45) is 0 Å². The van der Waals surface area contributed by atoms with E-state index < -0.39 is 0 Å². The molecule has 100 valence electrons. The first-order chi connectivity index (χ1) is 8.97. The van der Waals surface area contributed by atoms with Crippen molar-refractivity contribution in [3.63, 3.8) is 0 Å². The van der Waals surface area contributed by atoms with Crippen molar-refractivity contribution in [3.05, 3.63) is 39.6 Å². The molecule has 2 aromatic rings. The number of nitrogens with one attached hydrogen (secondary N) is 1. The zero-order chi connectivity index (χ0) is 14.0. The minimum atomic E-state index is -0.0973. The van der Waals surface area contributed by atoms with Gasteiger partial charge in [-0.15, -0.1) is 11.3 Å². The van der Waals surface area contributed by atoms with Crippen LogP contribution >= 0.6 is 11.3 Å². The van der Waals surface area contributed by atoms with Gasteiger partial charge in [-0.05, 0) is 31.9 Å². The minimum absolute atomic E-state index is 0.0973. The van der Waals surface area contributed by atoms with Gasteiger partial charge in [0, 0.05) is 17.6 Å². The number of anilines is 1. The first kappa shape index (κ1) is 13.7. The van der Waals surface area contributed by atoms with Crippen LogP contribution in [-0.2, 0) is 0 Å². The maximum Gasteiger partial charge on any atom is 0.267 e. The van der Waals surface area contributed by atoms with Crippen LogP contribution < -0.4 is 5.32 Å². The van der Waals surface area contributed by atoms with Crippen LogP contribution in [0.1, 0.15) is 45.8 Å². The maximum absolute atomic E-state index is 12.3. The predicted octanol–water partition coefficient (Wildman–Crippen LogP) is 3.53. The number of amides is 1. The Morgan fingerprint density at radius 3 is 2.74 bits per heavy atom.